The van der Waals surface area contributed by atoms with Crippen LogP contribution < -0.4 is 5.32 Å². The molecule has 0 saturated heterocycles. The molecule has 0 atom stereocenters. The topological polar surface area (TPSA) is 105 Å². The fourth-order valence-electron chi connectivity index (χ4n) is 1.99. The minimum Gasteiger partial charge on any atom is -0.459 e. The highest BCUT2D eigenvalue weighted by Gasteiger charge is 2.26. The van der Waals surface area contributed by atoms with Crippen molar-refractivity contribution in [3.63, 3.8) is 0 Å². The number of carbonyl (C=O) groups excluding carboxylic acids is 1. The number of amides is 1. The summed E-state index contributed by atoms with van der Waals surface area (Å²) >= 11 is 0.779. The number of carbonyl (C=O) groups is 1. The maximum atomic E-state index is 12.6. The molecule has 2 heterocycles. The molecule has 0 bridgehead atoms. The van der Waals surface area contributed by atoms with Crippen LogP contribution in [0.4, 0.5) is 5.13 Å². The highest BCUT2D eigenvalue weighted by molar-refractivity contribution is 7.91. The van der Waals surface area contributed by atoms with Crippen molar-refractivity contribution in [3.8, 4) is 0 Å². The number of furan rings is 1. The largest absolute Gasteiger partial charge is 0.459 e. The Balaban J connectivity index is 1.72. The van der Waals surface area contributed by atoms with E-state index in [0.29, 0.717) is 0 Å². The van der Waals surface area contributed by atoms with Gasteiger partial charge in [0.15, 0.2) is 5.76 Å². The third kappa shape index (κ3) is 3.92. The second-order valence-electron chi connectivity index (χ2n) is 5.05. The van der Waals surface area contributed by atoms with Crippen molar-refractivity contribution >= 4 is 32.4 Å². The second kappa shape index (κ2) is 7.13. The van der Waals surface area contributed by atoms with Gasteiger partial charge in [0.25, 0.3) is 15.9 Å². The molecule has 0 aliphatic rings. The van der Waals surface area contributed by atoms with E-state index in [2.05, 4.69) is 15.5 Å². The van der Waals surface area contributed by atoms with Gasteiger partial charge in [0, 0.05) is 13.6 Å². The molecule has 3 rings (SSSR count). The summed E-state index contributed by atoms with van der Waals surface area (Å²) < 4.78 is 31.1. The van der Waals surface area contributed by atoms with E-state index in [1.54, 1.807) is 6.07 Å². The summed E-state index contributed by atoms with van der Waals surface area (Å²) in [6.45, 7) is 0.205. The van der Waals surface area contributed by atoms with Crippen molar-refractivity contribution in [1.29, 1.82) is 0 Å². The van der Waals surface area contributed by atoms with Gasteiger partial charge >= 0.3 is 0 Å². The SMILES string of the molecule is CN(Cc1ccccc1)S(=O)(=O)c1nnc(NC(=O)c2ccco2)s1. The number of nitrogens with one attached hydrogen (secondary N) is 1. The number of hydrogen-bond acceptors (Lipinski definition) is 7. The smallest absolute Gasteiger partial charge is 0.293 e. The van der Waals surface area contributed by atoms with E-state index in [-0.39, 0.29) is 21.8 Å². The van der Waals surface area contributed by atoms with Gasteiger partial charge in [0.05, 0.1) is 6.26 Å². The minimum atomic E-state index is -3.80. The van der Waals surface area contributed by atoms with Crippen LogP contribution in [0.1, 0.15) is 16.1 Å². The molecular weight excluding hydrogens is 364 g/mol. The molecule has 2 aromatic heterocycles. The number of benzene rings is 1. The van der Waals surface area contributed by atoms with Crippen LogP contribution in [0.5, 0.6) is 0 Å². The van der Waals surface area contributed by atoms with Crippen molar-refractivity contribution in [2.75, 3.05) is 12.4 Å². The molecular formula is C15H14N4O4S2. The molecule has 1 aromatic carbocycles. The van der Waals surface area contributed by atoms with Gasteiger partial charge in [0.1, 0.15) is 0 Å². The Morgan fingerprint density at radius 1 is 1.20 bits per heavy atom. The quantitative estimate of drug-likeness (QED) is 0.659. The van der Waals surface area contributed by atoms with Crippen molar-refractivity contribution in [1.82, 2.24) is 14.5 Å². The molecule has 10 heteroatoms. The van der Waals surface area contributed by atoms with Crippen LogP contribution in [-0.4, -0.2) is 35.9 Å². The number of sulfonamides is 1. The van der Waals surface area contributed by atoms with Crippen LogP contribution in [0.2, 0.25) is 0 Å². The molecule has 1 N–H and O–H groups in total. The molecule has 0 unspecified atom stereocenters. The number of rotatable bonds is 6. The van der Waals surface area contributed by atoms with E-state index in [1.807, 2.05) is 30.3 Å². The van der Waals surface area contributed by atoms with E-state index in [1.165, 1.54) is 23.7 Å². The second-order valence-corrected chi connectivity index (χ2v) is 8.25. The molecule has 130 valence electrons. The zero-order chi connectivity index (χ0) is 17.9. The number of anilines is 1. The van der Waals surface area contributed by atoms with Gasteiger partial charge in [-0.3, -0.25) is 10.1 Å². The number of nitrogens with zero attached hydrogens (tertiary/aromatic N) is 3. The van der Waals surface area contributed by atoms with Gasteiger partial charge in [0.2, 0.25) is 9.47 Å². The average molecular weight is 378 g/mol. The number of aromatic nitrogens is 2. The molecule has 25 heavy (non-hydrogen) atoms. The first-order valence-electron chi connectivity index (χ1n) is 7.15. The van der Waals surface area contributed by atoms with Crippen molar-refractivity contribution in [2.45, 2.75) is 10.9 Å². The lowest BCUT2D eigenvalue weighted by molar-refractivity contribution is 0.0996. The Labute approximate surface area is 148 Å². The fourth-order valence-corrected chi connectivity index (χ4v) is 4.23. The molecule has 0 aliphatic heterocycles. The summed E-state index contributed by atoms with van der Waals surface area (Å²) in [6, 6.07) is 12.3. The van der Waals surface area contributed by atoms with E-state index < -0.39 is 15.9 Å². The standard InChI is InChI=1S/C15H14N4O4S2/c1-19(10-11-6-3-2-4-7-11)25(21,22)15-18-17-14(24-15)16-13(20)12-8-5-9-23-12/h2-9H,10H2,1H3,(H,16,17,20). The highest BCUT2D eigenvalue weighted by atomic mass is 32.2. The lowest BCUT2D eigenvalue weighted by atomic mass is 10.2. The Morgan fingerprint density at radius 2 is 1.96 bits per heavy atom. The van der Waals surface area contributed by atoms with Gasteiger partial charge in [-0.15, -0.1) is 10.2 Å². The average Bonchev–Trinajstić information content (AvgIpc) is 3.27. The number of hydrogen-bond donors (Lipinski definition) is 1. The predicted molar refractivity (Wildman–Crippen MR) is 91.7 cm³/mol. The lowest BCUT2D eigenvalue weighted by Gasteiger charge is -2.14. The Morgan fingerprint density at radius 3 is 2.64 bits per heavy atom. The van der Waals surface area contributed by atoms with Crippen LogP contribution in [0.25, 0.3) is 0 Å². The first-order chi connectivity index (χ1) is 12.0. The Bertz CT molecular complexity index is 953. The van der Waals surface area contributed by atoms with Gasteiger partial charge in [-0.25, -0.2) is 8.42 Å². The normalized spacial score (nSPS) is 11.6. The summed E-state index contributed by atoms with van der Waals surface area (Å²) in [5.41, 5.74) is 0.851. The fraction of sp³-hybridized carbons (Fsp3) is 0.133. The molecule has 0 aliphatic carbocycles. The zero-order valence-electron chi connectivity index (χ0n) is 13.1. The predicted octanol–water partition coefficient (Wildman–Crippen LogP) is 2.20. The van der Waals surface area contributed by atoms with Crippen molar-refractivity contribution < 1.29 is 17.6 Å². The van der Waals surface area contributed by atoms with Crippen LogP contribution in [0.3, 0.4) is 0 Å². The van der Waals surface area contributed by atoms with Crippen molar-refractivity contribution in [2.24, 2.45) is 0 Å². The molecule has 0 fully saturated rings. The zero-order valence-corrected chi connectivity index (χ0v) is 14.8. The maximum absolute atomic E-state index is 12.6. The summed E-state index contributed by atoms with van der Waals surface area (Å²) in [5.74, 6) is -0.427. The molecule has 8 nitrogen and oxygen atoms in total. The van der Waals surface area contributed by atoms with Gasteiger partial charge in [-0.2, -0.15) is 4.31 Å². The highest BCUT2D eigenvalue weighted by Crippen LogP contribution is 2.24. The van der Waals surface area contributed by atoms with Crippen LogP contribution in [-0.2, 0) is 16.6 Å². The van der Waals surface area contributed by atoms with E-state index >= 15 is 0 Å². The van der Waals surface area contributed by atoms with Crippen LogP contribution >= 0.6 is 11.3 Å². The molecule has 3 aromatic rings. The van der Waals surface area contributed by atoms with Gasteiger partial charge in [-0.1, -0.05) is 41.7 Å². The summed E-state index contributed by atoms with van der Waals surface area (Å²) in [4.78, 5) is 11.9. The molecule has 0 spiro atoms. The summed E-state index contributed by atoms with van der Waals surface area (Å²) in [6.07, 6.45) is 1.36. The van der Waals surface area contributed by atoms with E-state index in [4.69, 9.17) is 4.42 Å². The maximum Gasteiger partial charge on any atom is 0.293 e. The Hall–Kier alpha value is -2.56. The first-order valence-corrected chi connectivity index (χ1v) is 9.41. The van der Waals surface area contributed by atoms with Gasteiger partial charge in [-0.05, 0) is 17.7 Å². The lowest BCUT2D eigenvalue weighted by Crippen LogP contribution is -2.26. The monoisotopic (exact) mass is 378 g/mol. The van der Waals surface area contributed by atoms with E-state index in [0.717, 1.165) is 16.9 Å². The molecule has 0 radical (unpaired) electrons. The summed E-state index contributed by atoms with van der Waals surface area (Å²) in [5, 5.41) is 9.92. The third-order valence-electron chi connectivity index (χ3n) is 3.25. The summed E-state index contributed by atoms with van der Waals surface area (Å²) in [7, 11) is -2.34. The third-order valence-corrected chi connectivity index (χ3v) is 6.24. The minimum absolute atomic E-state index is 0.0769. The first kappa shape index (κ1) is 17.3. The Kier molecular flexibility index (Phi) is 4.93. The van der Waals surface area contributed by atoms with Crippen LogP contribution in [0, 0.1) is 0 Å². The van der Waals surface area contributed by atoms with Crippen LogP contribution in [0.15, 0.2) is 57.5 Å². The van der Waals surface area contributed by atoms with Gasteiger partial charge < -0.3 is 4.42 Å². The molecule has 0 saturated carbocycles. The molecule has 1 amide bonds. The van der Waals surface area contributed by atoms with E-state index in [9.17, 15) is 13.2 Å². The van der Waals surface area contributed by atoms with Crippen molar-refractivity contribution in [3.05, 3.63) is 60.1 Å².